The van der Waals surface area contributed by atoms with Gasteiger partial charge in [-0.25, -0.2) is 0 Å². The number of pyridine rings is 1. The van der Waals surface area contributed by atoms with Crippen LogP contribution in [0.25, 0.3) is 10.9 Å². The second-order valence-corrected chi connectivity index (χ2v) is 5.98. The largest absolute Gasteiger partial charge is 0.340 e. The highest BCUT2D eigenvalue weighted by atomic mass is 15.0. The van der Waals surface area contributed by atoms with Crippen LogP contribution in [0.2, 0.25) is 0 Å². The summed E-state index contributed by atoms with van der Waals surface area (Å²) >= 11 is 0. The summed E-state index contributed by atoms with van der Waals surface area (Å²) in [6, 6.07) is 13.5. The molecule has 3 heteroatoms. The molecule has 0 bridgehead atoms. The van der Waals surface area contributed by atoms with Crippen LogP contribution in [0.3, 0.4) is 0 Å². The van der Waals surface area contributed by atoms with Crippen LogP contribution < -0.4 is 5.32 Å². The van der Waals surface area contributed by atoms with E-state index in [0.29, 0.717) is 6.04 Å². The summed E-state index contributed by atoms with van der Waals surface area (Å²) in [6.45, 7) is 4.26. The zero-order valence-corrected chi connectivity index (χ0v) is 12.9. The fraction of sp³-hybridized carbons (Fsp3) is 0.316. The maximum atomic E-state index is 4.13. The second kappa shape index (κ2) is 5.58. The topological polar surface area (TPSA) is 29.9 Å². The van der Waals surface area contributed by atoms with Crippen molar-refractivity contribution in [1.82, 2.24) is 14.9 Å². The molecule has 0 amide bonds. The van der Waals surface area contributed by atoms with Crippen LogP contribution in [-0.2, 0) is 13.0 Å². The monoisotopic (exact) mass is 291 g/mol. The van der Waals surface area contributed by atoms with Crippen LogP contribution >= 0.6 is 0 Å². The van der Waals surface area contributed by atoms with Crippen molar-refractivity contribution in [2.75, 3.05) is 6.54 Å². The van der Waals surface area contributed by atoms with E-state index in [9.17, 15) is 0 Å². The van der Waals surface area contributed by atoms with Crippen LogP contribution in [0.4, 0.5) is 0 Å². The summed E-state index contributed by atoms with van der Waals surface area (Å²) in [6.07, 6.45) is 6.00. The number of para-hydroxylation sites is 1. The van der Waals surface area contributed by atoms with Crippen molar-refractivity contribution in [2.24, 2.45) is 0 Å². The molecule has 0 saturated heterocycles. The van der Waals surface area contributed by atoms with E-state index in [4.69, 9.17) is 0 Å². The smallest absolute Gasteiger partial charge is 0.0489 e. The fourth-order valence-electron chi connectivity index (χ4n) is 3.71. The van der Waals surface area contributed by atoms with Crippen LogP contribution in [0.5, 0.6) is 0 Å². The van der Waals surface area contributed by atoms with E-state index in [1.807, 2.05) is 12.4 Å². The molecule has 2 aromatic heterocycles. The number of benzene rings is 1. The van der Waals surface area contributed by atoms with Crippen molar-refractivity contribution in [3.63, 3.8) is 0 Å². The lowest BCUT2D eigenvalue weighted by Gasteiger charge is -2.25. The van der Waals surface area contributed by atoms with E-state index in [2.05, 4.69) is 58.2 Å². The first kappa shape index (κ1) is 13.5. The molecule has 1 atom stereocenters. The molecule has 0 saturated carbocycles. The molecule has 3 aromatic rings. The minimum atomic E-state index is 0.479. The van der Waals surface area contributed by atoms with Gasteiger partial charge in [-0.05, 0) is 35.7 Å². The van der Waals surface area contributed by atoms with Gasteiger partial charge in [-0.15, -0.1) is 0 Å². The number of aromatic nitrogens is 2. The maximum Gasteiger partial charge on any atom is 0.0489 e. The van der Waals surface area contributed by atoms with Crippen molar-refractivity contribution < 1.29 is 0 Å². The van der Waals surface area contributed by atoms with Gasteiger partial charge in [0.25, 0.3) is 0 Å². The molecule has 1 unspecified atom stereocenters. The normalized spacial score (nSPS) is 17.6. The Balaban J connectivity index is 1.91. The molecule has 3 heterocycles. The summed E-state index contributed by atoms with van der Waals surface area (Å²) < 4.78 is 2.50. The highest BCUT2D eigenvalue weighted by Gasteiger charge is 2.25. The predicted molar refractivity (Wildman–Crippen MR) is 90.0 cm³/mol. The average Bonchev–Trinajstić information content (AvgIpc) is 2.90. The maximum absolute atomic E-state index is 4.13. The quantitative estimate of drug-likeness (QED) is 0.797. The summed E-state index contributed by atoms with van der Waals surface area (Å²) in [5, 5.41) is 5.08. The van der Waals surface area contributed by atoms with Gasteiger partial charge in [-0.2, -0.15) is 0 Å². The minimum Gasteiger partial charge on any atom is -0.340 e. The minimum absolute atomic E-state index is 0.479. The van der Waals surface area contributed by atoms with Crippen LogP contribution in [0, 0.1) is 0 Å². The Morgan fingerprint density at radius 2 is 2.00 bits per heavy atom. The van der Waals surface area contributed by atoms with Gasteiger partial charge in [0.2, 0.25) is 0 Å². The number of nitrogens with zero attached hydrogens (tertiary/aromatic N) is 2. The van der Waals surface area contributed by atoms with E-state index in [1.54, 1.807) is 0 Å². The lowest BCUT2D eigenvalue weighted by atomic mass is 9.96. The number of hydrogen-bond donors (Lipinski definition) is 1. The predicted octanol–water partition coefficient (Wildman–Crippen LogP) is 3.68. The van der Waals surface area contributed by atoms with Crippen LogP contribution in [-0.4, -0.2) is 16.1 Å². The summed E-state index contributed by atoms with van der Waals surface area (Å²) in [5.74, 6) is 0. The van der Waals surface area contributed by atoms with Gasteiger partial charge in [-0.3, -0.25) is 4.98 Å². The Bertz CT molecular complexity index is 789. The number of rotatable bonds is 3. The third-order valence-corrected chi connectivity index (χ3v) is 4.72. The summed E-state index contributed by atoms with van der Waals surface area (Å²) in [5.41, 5.74) is 5.68. The first-order valence-corrected chi connectivity index (χ1v) is 8.10. The zero-order valence-electron chi connectivity index (χ0n) is 12.9. The van der Waals surface area contributed by atoms with Crippen molar-refractivity contribution in [3.8, 4) is 0 Å². The molecule has 22 heavy (non-hydrogen) atoms. The van der Waals surface area contributed by atoms with Gasteiger partial charge in [-0.1, -0.05) is 25.1 Å². The highest BCUT2D eigenvalue weighted by Crippen LogP contribution is 2.35. The van der Waals surface area contributed by atoms with Gasteiger partial charge in [0.15, 0.2) is 0 Å². The van der Waals surface area contributed by atoms with Crippen LogP contribution in [0.1, 0.15) is 36.2 Å². The van der Waals surface area contributed by atoms with Crippen molar-refractivity contribution >= 4 is 10.9 Å². The molecule has 0 spiro atoms. The van der Waals surface area contributed by atoms with Crippen molar-refractivity contribution in [1.29, 1.82) is 0 Å². The summed E-state index contributed by atoms with van der Waals surface area (Å²) in [4.78, 5) is 4.13. The molecule has 1 N–H and O–H groups in total. The van der Waals surface area contributed by atoms with E-state index in [-0.39, 0.29) is 0 Å². The van der Waals surface area contributed by atoms with Gasteiger partial charge in [0.05, 0.1) is 0 Å². The summed E-state index contributed by atoms with van der Waals surface area (Å²) in [7, 11) is 0. The molecule has 3 nitrogen and oxygen atoms in total. The third kappa shape index (κ3) is 2.13. The van der Waals surface area contributed by atoms with Gasteiger partial charge in [0.1, 0.15) is 0 Å². The van der Waals surface area contributed by atoms with Gasteiger partial charge < -0.3 is 9.88 Å². The standard InChI is InChI=1S/C19H21N3/c1-2-16-19-15-5-3-4-6-17(15)22(18(19)9-12-21-16)13-14-7-10-20-11-8-14/h3-8,10-11,16,21H,2,9,12-13H2,1H3. The highest BCUT2D eigenvalue weighted by molar-refractivity contribution is 5.86. The first-order chi connectivity index (χ1) is 10.9. The number of hydrogen-bond acceptors (Lipinski definition) is 2. The zero-order chi connectivity index (χ0) is 14.9. The molecular formula is C19H21N3. The van der Waals surface area contributed by atoms with E-state index >= 15 is 0 Å². The van der Waals surface area contributed by atoms with E-state index in [0.717, 1.165) is 25.9 Å². The van der Waals surface area contributed by atoms with E-state index in [1.165, 1.54) is 27.7 Å². The van der Waals surface area contributed by atoms with Gasteiger partial charge in [0, 0.05) is 54.5 Å². The Hall–Kier alpha value is -2.13. The number of nitrogens with one attached hydrogen (secondary N) is 1. The second-order valence-electron chi connectivity index (χ2n) is 5.98. The Labute approximate surface area is 131 Å². The molecule has 0 radical (unpaired) electrons. The fourth-order valence-corrected chi connectivity index (χ4v) is 3.71. The SMILES string of the molecule is CCC1NCCc2c1c1ccccc1n2Cc1ccncc1. The molecule has 1 aromatic carbocycles. The lowest BCUT2D eigenvalue weighted by Crippen LogP contribution is -2.30. The molecule has 1 aliphatic heterocycles. The Morgan fingerprint density at radius 3 is 2.82 bits per heavy atom. The van der Waals surface area contributed by atoms with Crippen LogP contribution in [0.15, 0.2) is 48.8 Å². The van der Waals surface area contributed by atoms with Crippen molar-refractivity contribution in [3.05, 3.63) is 65.6 Å². The molecule has 4 rings (SSSR count). The Morgan fingerprint density at radius 1 is 1.18 bits per heavy atom. The number of fused-ring (bicyclic) bond motifs is 3. The van der Waals surface area contributed by atoms with Gasteiger partial charge >= 0.3 is 0 Å². The lowest BCUT2D eigenvalue weighted by molar-refractivity contribution is 0.484. The van der Waals surface area contributed by atoms with Crippen molar-refractivity contribution in [2.45, 2.75) is 32.4 Å². The average molecular weight is 291 g/mol. The molecule has 0 aliphatic carbocycles. The molecular weight excluding hydrogens is 270 g/mol. The molecule has 1 aliphatic rings. The molecule has 0 fully saturated rings. The van der Waals surface area contributed by atoms with E-state index < -0.39 is 0 Å². The third-order valence-electron chi connectivity index (χ3n) is 4.72. The Kier molecular flexibility index (Phi) is 3.43. The molecule has 112 valence electrons. The first-order valence-electron chi connectivity index (χ1n) is 8.10.